The third-order valence-corrected chi connectivity index (χ3v) is 1.93. The third-order valence-electron chi connectivity index (χ3n) is 1.93. The van der Waals surface area contributed by atoms with Crippen LogP contribution in [0.2, 0.25) is 0 Å². The van der Waals surface area contributed by atoms with Gasteiger partial charge in [-0.3, -0.25) is 0 Å². The Labute approximate surface area is 81.8 Å². The lowest BCUT2D eigenvalue weighted by Crippen LogP contribution is -1.95. The summed E-state index contributed by atoms with van der Waals surface area (Å²) in [6, 6.07) is 0. The lowest BCUT2D eigenvalue weighted by atomic mass is 9.98. The molecule has 1 unspecified atom stereocenters. The summed E-state index contributed by atoms with van der Waals surface area (Å²) >= 11 is 0. The van der Waals surface area contributed by atoms with Gasteiger partial charge in [0.1, 0.15) is 0 Å². The summed E-state index contributed by atoms with van der Waals surface area (Å²) in [7, 11) is 0. The predicted octanol–water partition coefficient (Wildman–Crippen LogP) is 5.38. The Morgan fingerprint density at radius 1 is 0.833 bits per heavy atom. The molecule has 0 saturated carbocycles. The fraction of sp³-hybridized carbons (Fsp3) is 1.00. The van der Waals surface area contributed by atoms with Crippen LogP contribution in [0, 0.1) is 11.8 Å². The average molecular weight is 176 g/mol. The molecule has 0 heterocycles. The molecule has 0 N–H and O–H groups in total. The second kappa shape index (κ2) is 13.6. The van der Waals surface area contributed by atoms with E-state index in [2.05, 4.69) is 27.7 Å². The van der Waals surface area contributed by atoms with Gasteiger partial charge in [-0.1, -0.05) is 69.2 Å². The minimum atomic E-state index is 0. The number of rotatable bonds is 4. The summed E-state index contributed by atoms with van der Waals surface area (Å²) in [5, 5.41) is 0. The first-order valence-electron chi connectivity index (χ1n) is 4.16. The van der Waals surface area contributed by atoms with Crippen molar-refractivity contribution in [1.82, 2.24) is 0 Å². The standard InChI is InChI=1S/C9H20.3CH4/c1-5-9(4)7-6-8(2)3;;;/h8-9H,5-7H2,1-4H3;3*1H4. The molecule has 0 radical (unpaired) electrons. The Morgan fingerprint density at radius 3 is 1.50 bits per heavy atom. The molecule has 0 heteroatoms. The van der Waals surface area contributed by atoms with E-state index in [0.29, 0.717) is 0 Å². The fourth-order valence-corrected chi connectivity index (χ4v) is 0.822. The van der Waals surface area contributed by atoms with Crippen molar-refractivity contribution in [3.05, 3.63) is 0 Å². The third kappa shape index (κ3) is 16.5. The Hall–Kier alpha value is 0. The van der Waals surface area contributed by atoms with Crippen LogP contribution in [0.1, 0.15) is 69.2 Å². The minimum absolute atomic E-state index is 0. The van der Waals surface area contributed by atoms with Crippen molar-refractivity contribution in [1.29, 1.82) is 0 Å². The van der Waals surface area contributed by atoms with Gasteiger partial charge in [-0.2, -0.15) is 0 Å². The zero-order valence-corrected chi connectivity index (χ0v) is 7.28. The van der Waals surface area contributed by atoms with E-state index in [-0.39, 0.29) is 22.3 Å². The topological polar surface area (TPSA) is 0 Å². The van der Waals surface area contributed by atoms with Crippen LogP contribution < -0.4 is 0 Å². The molecule has 0 aromatic heterocycles. The molecule has 0 amide bonds. The van der Waals surface area contributed by atoms with Gasteiger partial charge in [-0.25, -0.2) is 0 Å². The maximum Gasteiger partial charge on any atom is -0.0445 e. The molecular weight excluding hydrogens is 144 g/mol. The molecule has 0 aliphatic heterocycles. The van der Waals surface area contributed by atoms with Gasteiger partial charge in [0.15, 0.2) is 0 Å². The van der Waals surface area contributed by atoms with Crippen LogP contribution in [0.4, 0.5) is 0 Å². The molecule has 0 rings (SSSR count). The molecular formula is C12H32. The SMILES string of the molecule is C.C.C.CCC(C)CCC(C)C. The second-order valence-corrected chi connectivity index (χ2v) is 3.48. The first-order valence-corrected chi connectivity index (χ1v) is 4.16. The Bertz CT molecular complexity index is 55.1. The highest BCUT2D eigenvalue weighted by Gasteiger charge is 1.99. The second-order valence-electron chi connectivity index (χ2n) is 3.48. The van der Waals surface area contributed by atoms with Crippen molar-refractivity contribution in [2.24, 2.45) is 11.8 Å². The van der Waals surface area contributed by atoms with E-state index < -0.39 is 0 Å². The molecule has 1 atom stereocenters. The molecule has 80 valence electrons. The van der Waals surface area contributed by atoms with E-state index in [9.17, 15) is 0 Å². The van der Waals surface area contributed by atoms with Gasteiger partial charge >= 0.3 is 0 Å². The van der Waals surface area contributed by atoms with Gasteiger partial charge in [0, 0.05) is 0 Å². The Balaban J connectivity index is -0.000000107. The Morgan fingerprint density at radius 2 is 1.25 bits per heavy atom. The lowest BCUT2D eigenvalue weighted by molar-refractivity contribution is 0.441. The van der Waals surface area contributed by atoms with Crippen LogP contribution in [-0.2, 0) is 0 Å². The van der Waals surface area contributed by atoms with Crippen LogP contribution in [0.15, 0.2) is 0 Å². The molecule has 0 aliphatic rings. The van der Waals surface area contributed by atoms with Crippen LogP contribution in [0.25, 0.3) is 0 Å². The van der Waals surface area contributed by atoms with Gasteiger partial charge in [-0.15, -0.1) is 0 Å². The fourth-order valence-electron chi connectivity index (χ4n) is 0.822. The zero-order valence-electron chi connectivity index (χ0n) is 7.28. The predicted molar refractivity (Wildman–Crippen MR) is 63.7 cm³/mol. The first kappa shape index (κ1) is 22.7. The summed E-state index contributed by atoms with van der Waals surface area (Å²) in [5.74, 6) is 1.83. The summed E-state index contributed by atoms with van der Waals surface area (Å²) in [4.78, 5) is 0. The van der Waals surface area contributed by atoms with Crippen LogP contribution in [0.3, 0.4) is 0 Å². The van der Waals surface area contributed by atoms with Crippen molar-refractivity contribution < 1.29 is 0 Å². The summed E-state index contributed by atoms with van der Waals surface area (Å²) in [6.07, 6.45) is 4.15. The molecule has 12 heavy (non-hydrogen) atoms. The maximum atomic E-state index is 2.34. The molecule has 0 nitrogen and oxygen atoms in total. The quantitative estimate of drug-likeness (QED) is 0.539. The lowest BCUT2D eigenvalue weighted by Gasteiger charge is -2.09. The van der Waals surface area contributed by atoms with Crippen molar-refractivity contribution >= 4 is 0 Å². The maximum absolute atomic E-state index is 2.34. The number of hydrogen-bond donors (Lipinski definition) is 0. The van der Waals surface area contributed by atoms with E-state index in [4.69, 9.17) is 0 Å². The zero-order chi connectivity index (χ0) is 7.28. The van der Waals surface area contributed by atoms with Crippen molar-refractivity contribution in [3.63, 3.8) is 0 Å². The van der Waals surface area contributed by atoms with E-state index in [1.165, 1.54) is 19.3 Å². The van der Waals surface area contributed by atoms with E-state index in [0.717, 1.165) is 11.8 Å². The van der Waals surface area contributed by atoms with Gasteiger partial charge in [0.25, 0.3) is 0 Å². The molecule has 0 saturated heterocycles. The van der Waals surface area contributed by atoms with Crippen LogP contribution in [0.5, 0.6) is 0 Å². The number of hydrogen-bond acceptors (Lipinski definition) is 0. The molecule has 0 bridgehead atoms. The minimum Gasteiger partial charge on any atom is -0.0776 e. The molecule has 0 spiro atoms. The van der Waals surface area contributed by atoms with Gasteiger partial charge in [0.2, 0.25) is 0 Å². The first-order chi connectivity index (χ1) is 4.16. The van der Waals surface area contributed by atoms with Crippen molar-refractivity contribution in [2.45, 2.75) is 69.2 Å². The molecule has 0 fully saturated rings. The van der Waals surface area contributed by atoms with Crippen LogP contribution >= 0.6 is 0 Å². The highest BCUT2D eigenvalue weighted by Crippen LogP contribution is 2.13. The van der Waals surface area contributed by atoms with Crippen LogP contribution in [-0.4, -0.2) is 0 Å². The molecule has 0 aliphatic carbocycles. The molecule has 0 aromatic rings. The highest BCUT2D eigenvalue weighted by atomic mass is 14.1. The Kier molecular flexibility index (Phi) is 25.7. The van der Waals surface area contributed by atoms with E-state index in [1.54, 1.807) is 0 Å². The summed E-state index contributed by atoms with van der Waals surface area (Å²) in [6.45, 7) is 9.19. The van der Waals surface area contributed by atoms with E-state index in [1.807, 2.05) is 0 Å². The monoisotopic (exact) mass is 176 g/mol. The largest absolute Gasteiger partial charge is 0.0776 e. The van der Waals surface area contributed by atoms with Gasteiger partial charge < -0.3 is 0 Å². The molecule has 0 aromatic carbocycles. The summed E-state index contributed by atoms with van der Waals surface area (Å²) < 4.78 is 0. The van der Waals surface area contributed by atoms with Crippen molar-refractivity contribution in [2.75, 3.05) is 0 Å². The smallest absolute Gasteiger partial charge is 0.0445 e. The summed E-state index contributed by atoms with van der Waals surface area (Å²) in [5.41, 5.74) is 0. The van der Waals surface area contributed by atoms with E-state index >= 15 is 0 Å². The normalized spacial score (nSPS) is 10.8. The van der Waals surface area contributed by atoms with Gasteiger partial charge in [-0.05, 0) is 11.8 Å². The average Bonchev–Trinajstić information content (AvgIpc) is 1.83. The van der Waals surface area contributed by atoms with Crippen molar-refractivity contribution in [3.8, 4) is 0 Å². The van der Waals surface area contributed by atoms with Gasteiger partial charge in [0.05, 0.1) is 0 Å². The highest BCUT2D eigenvalue weighted by molar-refractivity contribution is 4.52.